The van der Waals surface area contributed by atoms with Gasteiger partial charge in [-0.05, 0) is 54.5 Å². The highest BCUT2D eigenvalue weighted by atomic mass is 16.5. The summed E-state index contributed by atoms with van der Waals surface area (Å²) in [5.41, 5.74) is 5.19. The van der Waals surface area contributed by atoms with E-state index in [2.05, 4.69) is 38.5 Å². The van der Waals surface area contributed by atoms with E-state index in [-0.39, 0.29) is 5.75 Å². The van der Waals surface area contributed by atoms with E-state index in [4.69, 9.17) is 12.6 Å². The van der Waals surface area contributed by atoms with Crippen LogP contribution in [0, 0.1) is 5.92 Å². The van der Waals surface area contributed by atoms with Crippen LogP contribution >= 0.6 is 0 Å². The quantitative estimate of drug-likeness (QED) is 0.427. The molecule has 2 radical (unpaired) electrons. The van der Waals surface area contributed by atoms with Gasteiger partial charge < -0.3 is 15.2 Å². The van der Waals surface area contributed by atoms with Gasteiger partial charge in [0.1, 0.15) is 25.2 Å². The van der Waals surface area contributed by atoms with Gasteiger partial charge in [-0.2, -0.15) is 9.61 Å². The van der Waals surface area contributed by atoms with E-state index in [1.54, 1.807) is 22.8 Å². The highest BCUT2D eigenvalue weighted by Gasteiger charge is 2.23. The first-order valence-corrected chi connectivity index (χ1v) is 12.3. The zero-order valence-electron chi connectivity index (χ0n) is 19.7. The van der Waals surface area contributed by atoms with E-state index >= 15 is 0 Å². The van der Waals surface area contributed by atoms with Crippen molar-refractivity contribution in [3.63, 3.8) is 0 Å². The average Bonchev–Trinajstić information content (AvgIpc) is 3.51. The van der Waals surface area contributed by atoms with Crippen LogP contribution in [0.3, 0.4) is 0 Å². The largest absolute Gasteiger partial charge is 0.507 e. The molecule has 1 fully saturated rings. The van der Waals surface area contributed by atoms with Crippen molar-refractivity contribution >= 4 is 24.8 Å². The molecule has 0 bridgehead atoms. The van der Waals surface area contributed by atoms with Crippen LogP contribution in [0.15, 0.2) is 54.7 Å². The van der Waals surface area contributed by atoms with Gasteiger partial charge in [0.25, 0.3) is 0 Å². The highest BCUT2D eigenvalue weighted by molar-refractivity contribution is 6.36. The van der Waals surface area contributed by atoms with Crippen molar-refractivity contribution in [3.05, 3.63) is 65.9 Å². The molecule has 0 saturated carbocycles. The van der Waals surface area contributed by atoms with Gasteiger partial charge in [-0.15, -0.1) is 0 Å². The van der Waals surface area contributed by atoms with Crippen molar-refractivity contribution in [2.45, 2.75) is 25.8 Å². The highest BCUT2D eigenvalue weighted by Crippen LogP contribution is 2.31. The van der Waals surface area contributed by atoms with Crippen LogP contribution < -0.4 is 15.5 Å². The number of anilines is 1. The first kappa shape index (κ1) is 22.0. The Balaban J connectivity index is 1.19. The monoisotopic (exact) mass is 465 g/mol. The minimum atomic E-state index is 0.189. The van der Waals surface area contributed by atoms with Crippen molar-refractivity contribution < 1.29 is 9.84 Å². The topological polar surface area (TPSA) is 74.9 Å². The minimum Gasteiger partial charge on any atom is -0.507 e. The van der Waals surface area contributed by atoms with E-state index in [0.29, 0.717) is 28.3 Å². The van der Waals surface area contributed by atoms with Crippen LogP contribution in [0.2, 0.25) is 0 Å². The van der Waals surface area contributed by atoms with Gasteiger partial charge >= 0.3 is 0 Å². The van der Waals surface area contributed by atoms with E-state index < -0.39 is 0 Å². The number of piperidine rings is 1. The number of benzene rings is 2. The Bertz CT molecular complexity index is 1370. The second-order valence-corrected chi connectivity index (χ2v) is 9.50. The molecular weight excluding hydrogens is 437 g/mol. The number of likely N-dealkylation sites (tertiary alicyclic amines) is 1. The summed E-state index contributed by atoms with van der Waals surface area (Å²) in [5, 5.41) is 18.4. The maximum absolute atomic E-state index is 10.4. The number of ether oxygens (including phenoxy) is 1. The van der Waals surface area contributed by atoms with Gasteiger partial charge in [-0.1, -0.05) is 24.3 Å². The third-order valence-electron chi connectivity index (χ3n) is 7.09. The van der Waals surface area contributed by atoms with Crippen LogP contribution in [0.25, 0.3) is 16.9 Å². The fraction of sp³-hybridized carbons (Fsp3) is 0.333. The predicted octanol–water partition coefficient (Wildman–Crippen LogP) is 3.15. The molecular formula is C27H28BN5O2. The summed E-state index contributed by atoms with van der Waals surface area (Å²) in [6, 6.07) is 15.6. The van der Waals surface area contributed by atoms with Crippen molar-refractivity contribution in [1.82, 2.24) is 19.5 Å². The predicted molar refractivity (Wildman–Crippen MR) is 138 cm³/mol. The summed E-state index contributed by atoms with van der Waals surface area (Å²) in [6.07, 6.45) is 4.99. The first-order valence-electron chi connectivity index (χ1n) is 12.3. The summed E-state index contributed by atoms with van der Waals surface area (Å²) in [4.78, 5) is 7.23. The summed E-state index contributed by atoms with van der Waals surface area (Å²) < 4.78 is 7.50. The fourth-order valence-corrected chi connectivity index (χ4v) is 5.33. The summed E-state index contributed by atoms with van der Waals surface area (Å²) >= 11 is 0. The number of hydrogen-bond donors (Lipinski definition) is 2. The molecule has 2 aliphatic rings. The Hall–Kier alpha value is -3.52. The second kappa shape index (κ2) is 9.26. The van der Waals surface area contributed by atoms with E-state index in [1.807, 2.05) is 18.2 Å². The first-order chi connectivity index (χ1) is 17.2. The molecule has 2 aromatic heterocycles. The molecule has 1 unspecified atom stereocenters. The Kier molecular flexibility index (Phi) is 5.82. The molecule has 7 nitrogen and oxygen atoms in total. The van der Waals surface area contributed by atoms with Gasteiger partial charge in [0, 0.05) is 49.4 Å². The number of nitrogens with zero attached hydrogens (tertiary/aromatic N) is 4. The van der Waals surface area contributed by atoms with E-state index in [0.717, 1.165) is 50.8 Å². The maximum atomic E-state index is 10.4. The molecule has 176 valence electrons. The van der Waals surface area contributed by atoms with Crippen LogP contribution in [-0.2, 0) is 13.0 Å². The van der Waals surface area contributed by atoms with Crippen LogP contribution in [-0.4, -0.2) is 58.7 Å². The van der Waals surface area contributed by atoms with Gasteiger partial charge in [0.2, 0.25) is 0 Å². The maximum Gasteiger partial charge on any atom is 0.150 e. The lowest BCUT2D eigenvalue weighted by atomic mass is 9.96. The standard InChI is InChI=1S/C27H28BN5O2/c28-22-15-30-33-26(13-23(31-27(22)33)21-7-1-2-8-24(21)34)29-14-18-5-4-11-32(16-18)17-19-6-3-9-25-20(19)10-12-35-25/h1-3,6-9,13,15,18,29,34H,4-5,10-12,14,16-17H2. The molecule has 2 N–H and O–H groups in total. The normalized spacial score (nSPS) is 17.9. The minimum absolute atomic E-state index is 0.189. The number of aromatic nitrogens is 3. The van der Waals surface area contributed by atoms with Crippen molar-refractivity contribution in [1.29, 1.82) is 0 Å². The third kappa shape index (κ3) is 4.34. The summed E-state index contributed by atoms with van der Waals surface area (Å²) in [7, 11) is 6.15. The molecule has 1 atom stereocenters. The number of hydrogen-bond acceptors (Lipinski definition) is 6. The number of fused-ring (bicyclic) bond motifs is 2. The molecule has 35 heavy (non-hydrogen) atoms. The lowest BCUT2D eigenvalue weighted by Gasteiger charge is -2.33. The molecule has 0 spiro atoms. The number of aromatic hydroxyl groups is 1. The van der Waals surface area contributed by atoms with Gasteiger partial charge in [-0.25, -0.2) is 4.98 Å². The van der Waals surface area contributed by atoms with Crippen LogP contribution in [0.5, 0.6) is 11.5 Å². The number of phenolic OH excluding ortho intramolecular Hbond substituents is 1. The van der Waals surface area contributed by atoms with Crippen LogP contribution in [0.1, 0.15) is 24.0 Å². The lowest BCUT2D eigenvalue weighted by Crippen LogP contribution is -2.37. The van der Waals surface area contributed by atoms with Crippen molar-refractivity contribution in [2.24, 2.45) is 5.92 Å². The fourth-order valence-electron chi connectivity index (χ4n) is 5.33. The summed E-state index contributed by atoms with van der Waals surface area (Å²) in [5.74, 6) is 2.58. The van der Waals surface area contributed by atoms with E-state index in [9.17, 15) is 5.11 Å². The Morgan fingerprint density at radius 2 is 2.09 bits per heavy atom. The number of para-hydroxylation sites is 1. The van der Waals surface area contributed by atoms with Gasteiger partial charge in [0.05, 0.1) is 12.3 Å². The lowest BCUT2D eigenvalue weighted by molar-refractivity contribution is 0.173. The number of nitrogens with one attached hydrogen (secondary N) is 1. The molecule has 2 aromatic carbocycles. The molecule has 6 rings (SSSR count). The van der Waals surface area contributed by atoms with Gasteiger partial charge in [0.15, 0.2) is 5.65 Å². The molecule has 4 heterocycles. The Morgan fingerprint density at radius 3 is 3.00 bits per heavy atom. The zero-order valence-corrected chi connectivity index (χ0v) is 19.7. The third-order valence-corrected chi connectivity index (χ3v) is 7.09. The Morgan fingerprint density at radius 1 is 1.17 bits per heavy atom. The van der Waals surface area contributed by atoms with Crippen molar-refractivity contribution in [3.8, 4) is 22.8 Å². The molecule has 0 amide bonds. The number of rotatable bonds is 6. The second-order valence-electron chi connectivity index (χ2n) is 9.50. The molecule has 4 aromatic rings. The Labute approximate surface area is 206 Å². The van der Waals surface area contributed by atoms with Gasteiger partial charge in [-0.3, -0.25) is 4.90 Å². The zero-order chi connectivity index (χ0) is 23.8. The van der Waals surface area contributed by atoms with Crippen LogP contribution in [0.4, 0.5) is 5.82 Å². The average molecular weight is 465 g/mol. The smallest absolute Gasteiger partial charge is 0.150 e. The summed E-state index contributed by atoms with van der Waals surface area (Å²) in [6.45, 7) is 4.74. The molecule has 1 saturated heterocycles. The molecule has 2 aliphatic heterocycles. The molecule has 0 aliphatic carbocycles. The van der Waals surface area contributed by atoms with E-state index in [1.165, 1.54) is 24.0 Å². The van der Waals surface area contributed by atoms with Crippen molar-refractivity contribution in [2.75, 3.05) is 31.6 Å². The number of phenols is 1. The SMILES string of the molecule is [B]c1cnn2c(NCC3CCCN(Cc4cccc5c4CCO5)C3)cc(-c3ccccc3O)nc12. The molecule has 8 heteroatoms.